The largest absolute Gasteiger partial charge is 0.479 e. The number of rotatable bonds is 5. The zero-order valence-electron chi connectivity index (χ0n) is 12.6. The Bertz CT molecular complexity index is 602. The summed E-state index contributed by atoms with van der Waals surface area (Å²) in [4.78, 5) is 33.7. The lowest BCUT2D eigenvalue weighted by Crippen LogP contribution is -2.37. The molecule has 0 aromatic heterocycles. The van der Waals surface area contributed by atoms with Gasteiger partial charge >= 0.3 is 12.0 Å². The van der Waals surface area contributed by atoms with E-state index in [1.54, 1.807) is 31.2 Å². The molecule has 1 aromatic carbocycles. The second-order valence-corrected chi connectivity index (χ2v) is 5.37. The fourth-order valence-electron chi connectivity index (χ4n) is 2.40. The Morgan fingerprint density at radius 1 is 1.22 bits per heavy atom. The molecule has 1 heterocycles. The van der Waals surface area contributed by atoms with E-state index in [0.717, 1.165) is 5.56 Å². The molecular formula is C15H19N3O5. The van der Waals surface area contributed by atoms with Crippen LogP contribution in [0.4, 0.5) is 10.5 Å². The first-order valence-corrected chi connectivity index (χ1v) is 7.22. The Kier molecular flexibility index (Phi) is 5.17. The molecule has 1 fully saturated rings. The first-order valence-electron chi connectivity index (χ1n) is 7.22. The van der Waals surface area contributed by atoms with Gasteiger partial charge in [0.2, 0.25) is 5.91 Å². The summed E-state index contributed by atoms with van der Waals surface area (Å²) < 4.78 is 5.21. The normalized spacial score (nSPS) is 21.4. The molecule has 1 aliphatic rings. The molecule has 1 unspecified atom stereocenters. The first-order chi connectivity index (χ1) is 10.9. The maximum absolute atomic E-state index is 12.1. The van der Waals surface area contributed by atoms with Crippen molar-refractivity contribution in [2.45, 2.75) is 38.0 Å². The van der Waals surface area contributed by atoms with Crippen LogP contribution in [-0.4, -0.2) is 35.2 Å². The van der Waals surface area contributed by atoms with Crippen molar-refractivity contribution in [2.24, 2.45) is 5.73 Å². The Morgan fingerprint density at radius 3 is 2.35 bits per heavy atom. The van der Waals surface area contributed by atoms with Gasteiger partial charge in [0.05, 0.1) is 6.04 Å². The van der Waals surface area contributed by atoms with Crippen molar-refractivity contribution in [1.29, 1.82) is 0 Å². The molecule has 1 saturated heterocycles. The molecule has 2 rings (SSSR count). The number of carbonyl (C=O) groups excluding carboxylic acids is 2. The fraction of sp³-hybridized carbons (Fsp3) is 0.400. The third-order valence-electron chi connectivity index (χ3n) is 3.62. The lowest BCUT2D eigenvalue weighted by molar-refractivity contribution is -0.151. The highest BCUT2D eigenvalue weighted by molar-refractivity contribution is 5.87. The van der Waals surface area contributed by atoms with E-state index < -0.39 is 24.2 Å². The van der Waals surface area contributed by atoms with E-state index in [1.807, 2.05) is 0 Å². The molecule has 8 nitrogen and oxygen atoms in total. The van der Waals surface area contributed by atoms with Crippen LogP contribution in [0.2, 0.25) is 0 Å². The Hall–Kier alpha value is -2.61. The average Bonchev–Trinajstić information content (AvgIpc) is 2.97. The number of nitrogens with one attached hydrogen (secondary N) is 2. The number of carboxylic acids is 1. The van der Waals surface area contributed by atoms with E-state index in [-0.39, 0.29) is 11.9 Å². The number of aliphatic carboxylic acids is 1. The minimum absolute atomic E-state index is 0.280. The summed E-state index contributed by atoms with van der Waals surface area (Å²) >= 11 is 0. The van der Waals surface area contributed by atoms with Crippen molar-refractivity contribution in [2.75, 3.05) is 5.32 Å². The summed E-state index contributed by atoms with van der Waals surface area (Å²) in [6.45, 7) is 1.80. The van der Waals surface area contributed by atoms with Crippen molar-refractivity contribution < 1.29 is 24.2 Å². The summed E-state index contributed by atoms with van der Waals surface area (Å²) in [5, 5.41) is 14.1. The number of nitrogens with two attached hydrogens (primary N) is 1. The monoisotopic (exact) mass is 321 g/mol. The highest BCUT2D eigenvalue weighted by Crippen LogP contribution is 2.22. The van der Waals surface area contributed by atoms with E-state index >= 15 is 0 Å². The topological polar surface area (TPSA) is 131 Å². The summed E-state index contributed by atoms with van der Waals surface area (Å²) in [5.74, 6) is -1.38. The van der Waals surface area contributed by atoms with Crippen molar-refractivity contribution in [3.63, 3.8) is 0 Å². The molecule has 0 aliphatic carbocycles. The van der Waals surface area contributed by atoms with Gasteiger partial charge in [-0.1, -0.05) is 12.1 Å². The van der Waals surface area contributed by atoms with Gasteiger partial charge in [-0.05, 0) is 37.5 Å². The number of ether oxygens (including phenoxy) is 1. The van der Waals surface area contributed by atoms with E-state index in [1.165, 1.54) is 0 Å². The molecule has 5 N–H and O–H groups in total. The smallest absolute Gasteiger partial charge is 0.332 e. The summed E-state index contributed by atoms with van der Waals surface area (Å²) in [6.07, 6.45) is -0.943. The van der Waals surface area contributed by atoms with Crippen LogP contribution in [-0.2, 0) is 14.3 Å². The molecule has 3 amide bonds. The van der Waals surface area contributed by atoms with Crippen LogP contribution >= 0.6 is 0 Å². The lowest BCUT2D eigenvalue weighted by Gasteiger charge is -2.18. The molecule has 0 radical (unpaired) electrons. The molecule has 1 aromatic rings. The van der Waals surface area contributed by atoms with Gasteiger partial charge in [-0.15, -0.1) is 0 Å². The second-order valence-electron chi connectivity index (χ2n) is 5.37. The second kappa shape index (κ2) is 7.10. The van der Waals surface area contributed by atoms with Crippen molar-refractivity contribution >= 4 is 23.6 Å². The average molecular weight is 321 g/mol. The number of hydrogen-bond donors (Lipinski definition) is 4. The summed E-state index contributed by atoms with van der Waals surface area (Å²) in [7, 11) is 0. The molecule has 1 aliphatic heterocycles. The van der Waals surface area contributed by atoms with Crippen LogP contribution in [0.15, 0.2) is 24.3 Å². The number of carbonyl (C=O) groups is 3. The number of amides is 3. The molecule has 0 saturated carbocycles. The molecule has 0 spiro atoms. The zero-order valence-corrected chi connectivity index (χ0v) is 12.6. The zero-order chi connectivity index (χ0) is 17.0. The van der Waals surface area contributed by atoms with Crippen LogP contribution in [0.1, 0.15) is 31.4 Å². The fourth-order valence-corrected chi connectivity index (χ4v) is 2.40. The number of urea groups is 1. The molecule has 3 atom stereocenters. The lowest BCUT2D eigenvalue weighted by atomic mass is 10.1. The van der Waals surface area contributed by atoms with Crippen molar-refractivity contribution in [3.8, 4) is 0 Å². The summed E-state index contributed by atoms with van der Waals surface area (Å²) in [6, 6.07) is 5.94. The van der Waals surface area contributed by atoms with Gasteiger partial charge in [-0.25, -0.2) is 9.59 Å². The van der Waals surface area contributed by atoms with E-state index in [9.17, 15) is 14.4 Å². The minimum atomic E-state index is -1.05. The van der Waals surface area contributed by atoms with Crippen LogP contribution < -0.4 is 16.4 Å². The molecule has 23 heavy (non-hydrogen) atoms. The Labute approximate surface area is 133 Å². The number of anilines is 1. The maximum Gasteiger partial charge on any atom is 0.332 e. The van der Waals surface area contributed by atoms with Gasteiger partial charge in [0.25, 0.3) is 0 Å². The molecule has 0 bridgehead atoms. The molecule has 124 valence electrons. The van der Waals surface area contributed by atoms with Gasteiger partial charge in [0.15, 0.2) is 6.10 Å². The van der Waals surface area contributed by atoms with E-state index in [0.29, 0.717) is 18.5 Å². The van der Waals surface area contributed by atoms with Crippen LogP contribution in [0.25, 0.3) is 0 Å². The number of primary amides is 1. The molecule has 8 heteroatoms. The van der Waals surface area contributed by atoms with Gasteiger partial charge < -0.3 is 26.2 Å². The van der Waals surface area contributed by atoms with E-state index in [2.05, 4.69) is 10.6 Å². The van der Waals surface area contributed by atoms with E-state index in [4.69, 9.17) is 15.6 Å². The van der Waals surface area contributed by atoms with Crippen molar-refractivity contribution in [1.82, 2.24) is 5.32 Å². The Morgan fingerprint density at radius 2 is 1.83 bits per heavy atom. The van der Waals surface area contributed by atoms with Gasteiger partial charge in [-0.2, -0.15) is 0 Å². The SMILES string of the molecule is CC(NC(=O)[C@@H]1CC[C@H](C(=O)O)O1)c1ccc(NC(N)=O)cc1. The minimum Gasteiger partial charge on any atom is -0.479 e. The maximum atomic E-state index is 12.1. The third kappa shape index (κ3) is 4.43. The van der Waals surface area contributed by atoms with Crippen molar-refractivity contribution in [3.05, 3.63) is 29.8 Å². The third-order valence-corrected chi connectivity index (χ3v) is 3.62. The quantitative estimate of drug-likeness (QED) is 0.642. The van der Waals surface area contributed by atoms with Crippen LogP contribution in [0.3, 0.4) is 0 Å². The predicted molar refractivity (Wildman–Crippen MR) is 81.7 cm³/mol. The predicted octanol–water partition coefficient (Wildman–Crippen LogP) is 0.987. The molecular weight excluding hydrogens is 302 g/mol. The number of carboxylic acid groups (broad SMARTS) is 1. The Balaban J connectivity index is 1.91. The van der Waals surface area contributed by atoms with Gasteiger partial charge in [-0.3, -0.25) is 4.79 Å². The highest BCUT2D eigenvalue weighted by Gasteiger charge is 2.35. The number of hydrogen-bond acceptors (Lipinski definition) is 4. The van der Waals surface area contributed by atoms with Crippen LogP contribution in [0.5, 0.6) is 0 Å². The van der Waals surface area contributed by atoms with Gasteiger partial charge in [0, 0.05) is 5.69 Å². The first kappa shape index (κ1) is 16.8. The summed E-state index contributed by atoms with van der Waals surface area (Å²) in [5.41, 5.74) is 6.42. The standard InChI is InChI=1S/C15H19N3O5/c1-8(9-2-4-10(5-3-9)18-15(16)22)17-13(19)11-6-7-12(23-11)14(20)21/h2-5,8,11-12H,6-7H2,1H3,(H,17,19)(H,20,21)(H3,16,18,22)/t8?,11-,12+/m0/s1. The highest BCUT2D eigenvalue weighted by atomic mass is 16.5. The van der Waals surface area contributed by atoms with Crippen LogP contribution in [0, 0.1) is 0 Å². The van der Waals surface area contributed by atoms with Gasteiger partial charge in [0.1, 0.15) is 6.10 Å². The number of benzene rings is 1.